The zero-order chi connectivity index (χ0) is 16.4. The average Bonchev–Trinajstić information content (AvgIpc) is 2.81. The van der Waals surface area contributed by atoms with Crippen LogP contribution in [0.4, 0.5) is 10.1 Å². The molecule has 23 heavy (non-hydrogen) atoms. The zero-order valence-electron chi connectivity index (χ0n) is 12.8. The molecule has 0 bridgehead atoms. The molecule has 1 heterocycles. The van der Waals surface area contributed by atoms with E-state index in [2.05, 4.69) is 0 Å². The van der Waals surface area contributed by atoms with E-state index < -0.39 is 6.04 Å². The van der Waals surface area contributed by atoms with Crippen LogP contribution >= 0.6 is 0 Å². The van der Waals surface area contributed by atoms with E-state index in [-0.39, 0.29) is 24.1 Å². The molecule has 0 aliphatic carbocycles. The monoisotopic (exact) mass is 313 g/mol. The van der Waals surface area contributed by atoms with E-state index >= 15 is 0 Å². The van der Waals surface area contributed by atoms with Gasteiger partial charge in [-0.25, -0.2) is 9.29 Å². The molecule has 3 rings (SSSR count). The van der Waals surface area contributed by atoms with Gasteiger partial charge in [0, 0.05) is 5.56 Å². The highest BCUT2D eigenvalue weighted by Gasteiger charge is 2.42. The molecule has 1 fully saturated rings. The molecule has 2 N–H and O–H groups in total. The summed E-state index contributed by atoms with van der Waals surface area (Å²) in [6.45, 7) is 2.41. The summed E-state index contributed by atoms with van der Waals surface area (Å²) in [6, 6.07) is 13.1. The van der Waals surface area contributed by atoms with Crippen LogP contribution in [-0.2, 0) is 16.1 Å². The van der Waals surface area contributed by atoms with Gasteiger partial charge in [0.1, 0.15) is 12.4 Å². The molecule has 0 unspecified atom stereocenters. The first-order chi connectivity index (χ1) is 11.0. The Kier molecular flexibility index (Phi) is 4.21. The number of carbonyl (C=O) groups excluding carboxylic acids is 2. The summed E-state index contributed by atoms with van der Waals surface area (Å²) in [7, 11) is 0. The number of aryl methyl sites for hydroxylation is 1. The summed E-state index contributed by atoms with van der Waals surface area (Å²) in [5.41, 5.74) is 2.47. The lowest BCUT2D eigenvalue weighted by Crippen LogP contribution is -2.90. The van der Waals surface area contributed by atoms with Crippen LogP contribution in [0.15, 0.2) is 48.5 Å². The highest BCUT2D eigenvalue weighted by molar-refractivity contribution is 6.21. The van der Waals surface area contributed by atoms with Crippen LogP contribution < -0.4 is 10.2 Å². The van der Waals surface area contributed by atoms with E-state index in [1.165, 1.54) is 17.0 Å². The van der Waals surface area contributed by atoms with Crippen LogP contribution in [0.1, 0.15) is 17.5 Å². The number of imide groups is 1. The van der Waals surface area contributed by atoms with E-state index in [1.54, 1.807) is 29.6 Å². The predicted molar refractivity (Wildman–Crippen MR) is 84.1 cm³/mol. The van der Waals surface area contributed by atoms with Gasteiger partial charge in [0.25, 0.3) is 5.91 Å². The maximum atomic E-state index is 13.2. The molecule has 2 aromatic carbocycles. The Hall–Kier alpha value is -2.53. The van der Waals surface area contributed by atoms with Gasteiger partial charge in [-0.05, 0) is 31.2 Å². The molecular weight excluding hydrogens is 295 g/mol. The summed E-state index contributed by atoms with van der Waals surface area (Å²) in [6.07, 6.45) is 0.169. The smallest absolute Gasteiger partial charge is 0.292 e. The molecular formula is C18H18FN2O2+. The molecule has 1 atom stereocenters. The second kappa shape index (κ2) is 6.30. The van der Waals surface area contributed by atoms with Crippen molar-refractivity contribution in [2.45, 2.75) is 25.9 Å². The van der Waals surface area contributed by atoms with Crippen LogP contribution in [0.2, 0.25) is 0 Å². The quantitative estimate of drug-likeness (QED) is 0.870. The van der Waals surface area contributed by atoms with Gasteiger partial charge in [-0.2, -0.15) is 0 Å². The van der Waals surface area contributed by atoms with E-state index in [9.17, 15) is 14.0 Å². The molecule has 2 aromatic rings. The van der Waals surface area contributed by atoms with Crippen molar-refractivity contribution in [2.24, 2.45) is 0 Å². The molecule has 0 aromatic heterocycles. The summed E-state index contributed by atoms with van der Waals surface area (Å²) >= 11 is 0. The Bertz CT molecular complexity index is 743. The second-order valence-electron chi connectivity index (χ2n) is 5.78. The Morgan fingerprint density at radius 1 is 1.17 bits per heavy atom. The third kappa shape index (κ3) is 3.29. The van der Waals surface area contributed by atoms with Gasteiger partial charge in [0.05, 0.1) is 12.1 Å². The number of carbonyl (C=O) groups is 2. The van der Waals surface area contributed by atoms with Gasteiger partial charge in [-0.15, -0.1) is 0 Å². The minimum absolute atomic E-state index is 0.169. The number of anilines is 1. The Morgan fingerprint density at radius 2 is 1.91 bits per heavy atom. The number of benzene rings is 2. The molecule has 118 valence electrons. The Labute approximate surface area is 133 Å². The fourth-order valence-corrected chi connectivity index (χ4v) is 2.75. The van der Waals surface area contributed by atoms with Gasteiger partial charge >= 0.3 is 0 Å². The van der Waals surface area contributed by atoms with Crippen LogP contribution in [-0.4, -0.2) is 17.9 Å². The highest BCUT2D eigenvalue weighted by Crippen LogP contribution is 2.22. The van der Waals surface area contributed by atoms with Crippen LogP contribution in [0.5, 0.6) is 0 Å². The first-order valence-corrected chi connectivity index (χ1v) is 7.56. The van der Waals surface area contributed by atoms with Crippen LogP contribution in [0, 0.1) is 12.7 Å². The summed E-state index contributed by atoms with van der Waals surface area (Å²) in [4.78, 5) is 25.9. The topological polar surface area (TPSA) is 54.0 Å². The van der Waals surface area contributed by atoms with Crippen molar-refractivity contribution < 1.29 is 19.3 Å². The molecule has 1 aliphatic heterocycles. The SMILES string of the molecule is Cc1ccc(N2C(=O)C[C@H]([NH2+]Cc3cccc(F)c3)C2=O)cc1. The van der Waals surface area contributed by atoms with Crippen molar-refractivity contribution in [1.82, 2.24) is 0 Å². The number of amides is 2. The highest BCUT2D eigenvalue weighted by atomic mass is 19.1. The van der Waals surface area contributed by atoms with E-state index in [0.29, 0.717) is 12.2 Å². The largest absolute Gasteiger partial charge is 0.332 e. The zero-order valence-corrected chi connectivity index (χ0v) is 12.8. The summed E-state index contributed by atoms with van der Waals surface area (Å²) in [5.74, 6) is -0.708. The molecule has 1 aliphatic rings. The lowest BCUT2D eigenvalue weighted by Gasteiger charge is -2.14. The molecule has 1 saturated heterocycles. The van der Waals surface area contributed by atoms with Gasteiger partial charge < -0.3 is 5.32 Å². The summed E-state index contributed by atoms with van der Waals surface area (Å²) < 4.78 is 13.2. The summed E-state index contributed by atoms with van der Waals surface area (Å²) in [5, 5.41) is 1.79. The third-order valence-electron chi connectivity index (χ3n) is 4.00. The normalized spacial score (nSPS) is 17.8. The number of nitrogens with zero attached hydrogens (tertiary/aromatic N) is 1. The first kappa shape index (κ1) is 15.4. The molecule has 0 saturated carbocycles. The van der Waals surface area contributed by atoms with Crippen molar-refractivity contribution in [2.75, 3.05) is 4.90 Å². The minimum atomic E-state index is -0.452. The van der Waals surface area contributed by atoms with Crippen LogP contribution in [0.3, 0.4) is 0 Å². The Balaban J connectivity index is 1.70. The van der Waals surface area contributed by atoms with Crippen molar-refractivity contribution in [3.8, 4) is 0 Å². The fraction of sp³-hybridized carbons (Fsp3) is 0.222. The molecule has 4 nitrogen and oxygen atoms in total. The maximum absolute atomic E-state index is 13.2. The Morgan fingerprint density at radius 3 is 2.61 bits per heavy atom. The second-order valence-corrected chi connectivity index (χ2v) is 5.78. The molecule has 5 heteroatoms. The lowest BCUT2D eigenvalue weighted by molar-refractivity contribution is -0.690. The van der Waals surface area contributed by atoms with E-state index in [4.69, 9.17) is 0 Å². The van der Waals surface area contributed by atoms with E-state index in [0.717, 1.165) is 11.1 Å². The third-order valence-corrected chi connectivity index (χ3v) is 4.00. The van der Waals surface area contributed by atoms with Gasteiger partial charge in [-0.1, -0.05) is 29.8 Å². The van der Waals surface area contributed by atoms with Gasteiger partial charge in [-0.3, -0.25) is 9.59 Å². The van der Waals surface area contributed by atoms with Gasteiger partial charge in [0.15, 0.2) is 6.04 Å². The fourth-order valence-electron chi connectivity index (χ4n) is 2.75. The lowest BCUT2D eigenvalue weighted by atomic mass is 10.2. The molecule has 0 radical (unpaired) electrons. The van der Waals surface area contributed by atoms with Gasteiger partial charge in [0.2, 0.25) is 5.91 Å². The van der Waals surface area contributed by atoms with Crippen molar-refractivity contribution in [3.05, 3.63) is 65.5 Å². The number of hydrogen-bond donors (Lipinski definition) is 1. The first-order valence-electron chi connectivity index (χ1n) is 7.56. The standard InChI is InChI=1S/C18H17FN2O2/c1-12-5-7-15(8-6-12)21-17(22)10-16(18(21)23)20-11-13-3-2-4-14(19)9-13/h2-9,16,20H,10-11H2,1H3/p+1/t16-/m0/s1. The molecule has 2 amide bonds. The van der Waals surface area contributed by atoms with Crippen molar-refractivity contribution in [1.29, 1.82) is 0 Å². The minimum Gasteiger partial charge on any atom is -0.332 e. The van der Waals surface area contributed by atoms with E-state index in [1.807, 2.05) is 19.1 Å². The number of hydrogen-bond acceptors (Lipinski definition) is 2. The number of halogens is 1. The molecule has 0 spiro atoms. The van der Waals surface area contributed by atoms with Crippen molar-refractivity contribution >= 4 is 17.5 Å². The predicted octanol–water partition coefficient (Wildman–Crippen LogP) is 1.53. The number of rotatable bonds is 4. The van der Waals surface area contributed by atoms with Crippen LogP contribution in [0.25, 0.3) is 0 Å². The maximum Gasteiger partial charge on any atom is 0.292 e. The number of quaternary nitrogens is 1. The number of nitrogens with two attached hydrogens (primary N) is 1. The average molecular weight is 313 g/mol. The van der Waals surface area contributed by atoms with Crippen molar-refractivity contribution in [3.63, 3.8) is 0 Å².